The van der Waals surface area contributed by atoms with Crippen LogP contribution in [0, 0.1) is 0 Å². The third-order valence-corrected chi connectivity index (χ3v) is 3.80. The molecular weight excluding hydrogens is 328 g/mol. The minimum Gasteiger partial charge on any atom is -0.483 e. The fourth-order valence-electron chi connectivity index (χ4n) is 2.13. The summed E-state index contributed by atoms with van der Waals surface area (Å²) in [5, 5.41) is 0. The van der Waals surface area contributed by atoms with Gasteiger partial charge in [-0.05, 0) is 43.2 Å². The van der Waals surface area contributed by atoms with Crippen molar-refractivity contribution in [2.45, 2.75) is 32.8 Å². The number of benzene rings is 2. The highest BCUT2D eigenvalue weighted by Gasteiger charge is 2.16. The molecule has 3 heteroatoms. The van der Waals surface area contributed by atoms with E-state index in [4.69, 9.17) is 4.74 Å². The second kappa shape index (κ2) is 7.41. The first-order chi connectivity index (χ1) is 10.1. The van der Waals surface area contributed by atoms with Crippen LogP contribution in [-0.2, 0) is 6.42 Å². The first-order valence-electron chi connectivity index (χ1n) is 7.15. The third-order valence-electron chi connectivity index (χ3n) is 3.27. The fourth-order valence-corrected chi connectivity index (χ4v) is 2.39. The number of ketones is 1. The van der Waals surface area contributed by atoms with Gasteiger partial charge in [0.05, 0.1) is 0 Å². The molecule has 0 saturated carbocycles. The summed E-state index contributed by atoms with van der Waals surface area (Å²) in [6.45, 7) is 3.94. The summed E-state index contributed by atoms with van der Waals surface area (Å²) in [4.78, 5) is 12.3. The Labute approximate surface area is 134 Å². The van der Waals surface area contributed by atoms with Gasteiger partial charge in [0.25, 0.3) is 0 Å². The number of carbonyl (C=O) groups excluding carboxylic acids is 1. The van der Waals surface area contributed by atoms with Crippen molar-refractivity contribution in [3.8, 4) is 5.75 Å². The summed E-state index contributed by atoms with van der Waals surface area (Å²) in [5.41, 5.74) is 1.95. The zero-order valence-corrected chi connectivity index (χ0v) is 13.9. The van der Waals surface area contributed by atoms with E-state index in [9.17, 15) is 4.79 Å². The molecule has 0 N–H and O–H groups in total. The number of carbonyl (C=O) groups is 1. The highest BCUT2D eigenvalue weighted by molar-refractivity contribution is 9.10. The highest BCUT2D eigenvalue weighted by Crippen LogP contribution is 2.17. The second-order valence-electron chi connectivity index (χ2n) is 5.03. The number of hydrogen-bond acceptors (Lipinski definition) is 2. The van der Waals surface area contributed by atoms with Crippen LogP contribution in [0.25, 0.3) is 0 Å². The van der Waals surface area contributed by atoms with Crippen molar-refractivity contribution in [3.05, 3.63) is 64.1 Å². The Morgan fingerprint density at radius 2 is 1.71 bits per heavy atom. The van der Waals surface area contributed by atoms with E-state index >= 15 is 0 Å². The molecule has 2 aromatic carbocycles. The van der Waals surface area contributed by atoms with E-state index in [0.717, 1.165) is 23.1 Å². The Kier molecular flexibility index (Phi) is 5.57. The van der Waals surface area contributed by atoms with E-state index in [2.05, 4.69) is 35.0 Å². The molecule has 0 bridgehead atoms. The molecule has 21 heavy (non-hydrogen) atoms. The Morgan fingerprint density at radius 1 is 1.10 bits per heavy atom. The van der Waals surface area contributed by atoms with Crippen molar-refractivity contribution in [2.24, 2.45) is 0 Å². The lowest BCUT2D eigenvalue weighted by molar-refractivity contribution is 0.0818. The molecule has 0 spiro atoms. The fraction of sp³-hybridized carbons (Fsp3) is 0.278. The SMILES string of the molecule is CCCc1ccc(OC(C)C(=O)c2ccc(Br)cc2)cc1. The number of halogens is 1. The highest BCUT2D eigenvalue weighted by atomic mass is 79.9. The van der Waals surface area contributed by atoms with E-state index in [0.29, 0.717) is 5.56 Å². The Hall–Kier alpha value is -1.61. The lowest BCUT2D eigenvalue weighted by atomic mass is 10.1. The first-order valence-corrected chi connectivity index (χ1v) is 7.95. The monoisotopic (exact) mass is 346 g/mol. The number of rotatable bonds is 6. The Morgan fingerprint density at radius 3 is 2.29 bits per heavy atom. The van der Waals surface area contributed by atoms with Gasteiger partial charge in [-0.1, -0.05) is 53.5 Å². The molecule has 0 radical (unpaired) electrons. The quantitative estimate of drug-likeness (QED) is 0.684. The number of aryl methyl sites for hydroxylation is 1. The molecule has 0 aliphatic carbocycles. The molecule has 2 rings (SSSR count). The average molecular weight is 347 g/mol. The van der Waals surface area contributed by atoms with Crippen molar-refractivity contribution in [3.63, 3.8) is 0 Å². The summed E-state index contributed by atoms with van der Waals surface area (Å²) in [7, 11) is 0. The van der Waals surface area contributed by atoms with E-state index in [1.54, 1.807) is 19.1 Å². The Bertz CT molecular complexity index is 588. The van der Waals surface area contributed by atoms with Crippen molar-refractivity contribution in [1.82, 2.24) is 0 Å². The first kappa shape index (κ1) is 15.8. The van der Waals surface area contributed by atoms with Crippen LogP contribution in [0.1, 0.15) is 36.2 Å². The molecular formula is C18H19BrO2. The molecule has 0 aliphatic rings. The lowest BCUT2D eigenvalue weighted by Gasteiger charge is -2.14. The standard InChI is InChI=1S/C18H19BrO2/c1-3-4-14-5-11-17(12-6-14)21-13(2)18(20)15-7-9-16(19)10-8-15/h5-13H,3-4H2,1-2H3. The van der Waals surface area contributed by atoms with Crippen LogP contribution in [0.2, 0.25) is 0 Å². The number of hydrogen-bond donors (Lipinski definition) is 0. The number of Topliss-reactive ketones (excluding diaryl/α,β-unsaturated/α-hetero) is 1. The minimum absolute atomic E-state index is 0.0138. The molecule has 2 nitrogen and oxygen atoms in total. The summed E-state index contributed by atoms with van der Waals surface area (Å²) < 4.78 is 6.69. The molecule has 0 fully saturated rings. The van der Waals surface area contributed by atoms with Gasteiger partial charge in [0.15, 0.2) is 6.10 Å². The van der Waals surface area contributed by atoms with Crippen LogP contribution in [0.5, 0.6) is 5.75 Å². The molecule has 2 aromatic rings. The van der Waals surface area contributed by atoms with Crippen LogP contribution < -0.4 is 4.74 Å². The van der Waals surface area contributed by atoms with Gasteiger partial charge in [-0.2, -0.15) is 0 Å². The van der Waals surface area contributed by atoms with Gasteiger partial charge in [-0.25, -0.2) is 0 Å². The van der Waals surface area contributed by atoms with Crippen LogP contribution in [0.4, 0.5) is 0 Å². The van der Waals surface area contributed by atoms with E-state index in [1.165, 1.54) is 5.56 Å². The van der Waals surface area contributed by atoms with Gasteiger partial charge in [0.2, 0.25) is 5.78 Å². The maximum atomic E-state index is 12.3. The van der Waals surface area contributed by atoms with Gasteiger partial charge in [-0.3, -0.25) is 4.79 Å². The van der Waals surface area contributed by atoms with Crippen LogP contribution in [-0.4, -0.2) is 11.9 Å². The van der Waals surface area contributed by atoms with Gasteiger partial charge in [0, 0.05) is 10.0 Å². The van der Waals surface area contributed by atoms with E-state index in [-0.39, 0.29) is 5.78 Å². The van der Waals surface area contributed by atoms with Crippen molar-refractivity contribution < 1.29 is 9.53 Å². The Balaban J connectivity index is 2.01. The summed E-state index contributed by atoms with van der Waals surface area (Å²) in [6.07, 6.45) is 1.69. The molecule has 0 heterocycles. The second-order valence-corrected chi connectivity index (χ2v) is 5.94. The van der Waals surface area contributed by atoms with E-state index < -0.39 is 6.10 Å². The zero-order valence-electron chi connectivity index (χ0n) is 12.3. The van der Waals surface area contributed by atoms with Gasteiger partial charge < -0.3 is 4.74 Å². The maximum Gasteiger partial charge on any atom is 0.202 e. The third kappa shape index (κ3) is 4.43. The largest absolute Gasteiger partial charge is 0.483 e. The smallest absolute Gasteiger partial charge is 0.202 e. The maximum absolute atomic E-state index is 12.3. The molecule has 0 saturated heterocycles. The molecule has 1 unspecified atom stereocenters. The van der Waals surface area contributed by atoms with E-state index in [1.807, 2.05) is 24.3 Å². The summed E-state index contributed by atoms with van der Waals surface area (Å²) in [5.74, 6) is 0.716. The lowest BCUT2D eigenvalue weighted by Crippen LogP contribution is -2.23. The van der Waals surface area contributed by atoms with Gasteiger partial charge in [-0.15, -0.1) is 0 Å². The number of ether oxygens (including phenoxy) is 1. The molecule has 0 amide bonds. The predicted octanol–water partition coefficient (Wildman–Crippen LogP) is 5.05. The molecule has 0 aromatic heterocycles. The minimum atomic E-state index is -0.497. The molecule has 1 atom stereocenters. The summed E-state index contributed by atoms with van der Waals surface area (Å²) in [6, 6.07) is 15.3. The van der Waals surface area contributed by atoms with Gasteiger partial charge in [0.1, 0.15) is 5.75 Å². The van der Waals surface area contributed by atoms with Crippen molar-refractivity contribution >= 4 is 21.7 Å². The van der Waals surface area contributed by atoms with Crippen molar-refractivity contribution in [2.75, 3.05) is 0 Å². The zero-order chi connectivity index (χ0) is 15.2. The molecule has 0 aliphatic heterocycles. The predicted molar refractivity (Wildman–Crippen MR) is 89.0 cm³/mol. The normalized spacial score (nSPS) is 12.0. The topological polar surface area (TPSA) is 26.3 Å². The average Bonchev–Trinajstić information content (AvgIpc) is 2.49. The van der Waals surface area contributed by atoms with Gasteiger partial charge >= 0.3 is 0 Å². The molecule has 110 valence electrons. The van der Waals surface area contributed by atoms with Crippen molar-refractivity contribution in [1.29, 1.82) is 0 Å². The van der Waals surface area contributed by atoms with Crippen LogP contribution in [0.3, 0.4) is 0 Å². The summed E-state index contributed by atoms with van der Waals surface area (Å²) >= 11 is 3.36. The van der Waals surface area contributed by atoms with Crippen LogP contribution >= 0.6 is 15.9 Å². The van der Waals surface area contributed by atoms with Crippen LogP contribution in [0.15, 0.2) is 53.0 Å².